The zero-order valence-corrected chi connectivity index (χ0v) is 7.74. The number of nitrogens with one attached hydrogen (secondary N) is 1. The van der Waals surface area contributed by atoms with E-state index in [2.05, 4.69) is 16.3 Å². The Bertz CT molecular complexity index is 431. The van der Waals surface area contributed by atoms with Gasteiger partial charge in [0.25, 0.3) is 0 Å². The molecule has 0 amide bonds. The minimum Gasteiger partial charge on any atom is -0.276 e. The van der Waals surface area contributed by atoms with Crippen molar-refractivity contribution in [3.63, 3.8) is 0 Å². The van der Waals surface area contributed by atoms with Crippen molar-refractivity contribution in [2.24, 2.45) is 0 Å². The molecule has 0 saturated heterocycles. The van der Waals surface area contributed by atoms with Gasteiger partial charge in [-0.15, -0.1) is 0 Å². The van der Waals surface area contributed by atoms with Crippen LogP contribution in [0.5, 0.6) is 0 Å². The van der Waals surface area contributed by atoms with E-state index in [1.54, 1.807) is 0 Å². The molecule has 1 aromatic heterocycles. The highest BCUT2D eigenvalue weighted by Crippen LogP contribution is 2.24. The van der Waals surface area contributed by atoms with Gasteiger partial charge in [0, 0.05) is 5.39 Å². The number of aromatic nitrogens is 2. The molecule has 0 atom stereocenters. The SMILES string of the molecule is Cc1cc(Cl)c2[nH]nc(C)c2c1. The van der Waals surface area contributed by atoms with Crippen LogP contribution in [0.2, 0.25) is 5.02 Å². The van der Waals surface area contributed by atoms with Crippen LogP contribution in [-0.4, -0.2) is 10.2 Å². The minimum atomic E-state index is 0.741. The molecule has 2 nitrogen and oxygen atoms in total. The molecule has 0 aliphatic heterocycles. The first-order valence-electron chi connectivity index (χ1n) is 3.79. The number of H-pyrrole nitrogens is 1. The fourth-order valence-electron chi connectivity index (χ4n) is 1.34. The van der Waals surface area contributed by atoms with E-state index in [0.29, 0.717) is 0 Å². The Labute approximate surface area is 75.5 Å². The summed E-state index contributed by atoms with van der Waals surface area (Å²) in [6, 6.07) is 4.02. The van der Waals surface area contributed by atoms with Crippen LogP contribution in [0, 0.1) is 13.8 Å². The Kier molecular flexibility index (Phi) is 1.58. The van der Waals surface area contributed by atoms with E-state index in [1.165, 1.54) is 0 Å². The lowest BCUT2D eigenvalue weighted by Gasteiger charge is -1.95. The molecule has 1 aromatic carbocycles. The Morgan fingerprint density at radius 2 is 2.08 bits per heavy atom. The third-order valence-corrected chi connectivity index (χ3v) is 2.26. The summed E-state index contributed by atoms with van der Waals surface area (Å²) in [7, 11) is 0. The second-order valence-corrected chi connectivity index (χ2v) is 3.39. The molecule has 3 heteroatoms. The van der Waals surface area contributed by atoms with Crippen molar-refractivity contribution >= 4 is 22.5 Å². The van der Waals surface area contributed by atoms with Gasteiger partial charge in [-0.25, -0.2) is 0 Å². The van der Waals surface area contributed by atoms with Crippen LogP contribution < -0.4 is 0 Å². The van der Waals surface area contributed by atoms with Crippen LogP contribution in [0.25, 0.3) is 10.9 Å². The molecule has 0 fully saturated rings. The quantitative estimate of drug-likeness (QED) is 0.664. The number of aryl methyl sites for hydroxylation is 2. The summed E-state index contributed by atoms with van der Waals surface area (Å²) in [5.74, 6) is 0. The fourth-order valence-corrected chi connectivity index (χ4v) is 1.66. The van der Waals surface area contributed by atoms with E-state index >= 15 is 0 Å². The summed E-state index contributed by atoms with van der Waals surface area (Å²) in [6.45, 7) is 3.99. The second-order valence-electron chi connectivity index (χ2n) is 2.98. The van der Waals surface area contributed by atoms with E-state index < -0.39 is 0 Å². The molecule has 0 radical (unpaired) electrons. The first-order valence-corrected chi connectivity index (χ1v) is 4.17. The Hall–Kier alpha value is -1.02. The molecule has 2 rings (SSSR count). The first kappa shape index (κ1) is 7.62. The zero-order chi connectivity index (χ0) is 8.72. The van der Waals surface area contributed by atoms with Gasteiger partial charge in [-0.3, -0.25) is 5.10 Å². The zero-order valence-electron chi connectivity index (χ0n) is 6.98. The summed E-state index contributed by atoms with van der Waals surface area (Å²) >= 11 is 6.00. The maximum atomic E-state index is 6.00. The lowest BCUT2D eigenvalue weighted by Crippen LogP contribution is -1.75. The highest BCUT2D eigenvalue weighted by atomic mass is 35.5. The van der Waals surface area contributed by atoms with E-state index in [1.807, 2.05) is 19.9 Å². The molecule has 0 aliphatic rings. The van der Waals surface area contributed by atoms with Crippen molar-refractivity contribution in [2.45, 2.75) is 13.8 Å². The van der Waals surface area contributed by atoms with Gasteiger partial charge in [0.2, 0.25) is 0 Å². The van der Waals surface area contributed by atoms with Crippen LogP contribution in [0.15, 0.2) is 12.1 Å². The molecule has 0 bridgehead atoms. The molecule has 0 aliphatic carbocycles. The Morgan fingerprint density at radius 1 is 1.33 bits per heavy atom. The fraction of sp³-hybridized carbons (Fsp3) is 0.222. The van der Waals surface area contributed by atoms with Gasteiger partial charge in [-0.1, -0.05) is 11.6 Å². The van der Waals surface area contributed by atoms with E-state index in [0.717, 1.165) is 27.2 Å². The lowest BCUT2D eigenvalue weighted by molar-refractivity contribution is 1.07. The van der Waals surface area contributed by atoms with Crippen molar-refractivity contribution < 1.29 is 0 Å². The number of hydrogen-bond acceptors (Lipinski definition) is 1. The van der Waals surface area contributed by atoms with Gasteiger partial charge in [0.15, 0.2) is 0 Å². The number of nitrogens with zero attached hydrogens (tertiary/aromatic N) is 1. The number of hydrogen-bond donors (Lipinski definition) is 1. The van der Waals surface area contributed by atoms with Crippen LogP contribution in [0.4, 0.5) is 0 Å². The summed E-state index contributed by atoms with van der Waals surface area (Å²) in [4.78, 5) is 0. The summed E-state index contributed by atoms with van der Waals surface area (Å²) in [5.41, 5.74) is 3.09. The lowest BCUT2D eigenvalue weighted by atomic mass is 10.1. The standard InChI is InChI=1S/C9H9ClN2/c1-5-3-7-6(2)11-12-9(7)8(10)4-5/h3-4H,1-2H3,(H,11,12). The topological polar surface area (TPSA) is 28.7 Å². The molecular formula is C9H9ClN2. The average Bonchev–Trinajstić information content (AvgIpc) is 2.33. The molecule has 12 heavy (non-hydrogen) atoms. The molecule has 1 heterocycles. The third kappa shape index (κ3) is 0.994. The molecule has 0 unspecified atom stereocenters. The minimum absolute atomic E-state index is 0.741. The van der Waals surface area contributed by atoms with Crippen LogP contribution >= 0.6 is 11.6 Å². The van der Waals surface area contributed by atoms with E-state index in [4.69, 9.17) is 11.6 Å². The van der Waals surface area contributed by atoms with Crippen LogP contribution in [-0.2, 0) is 0 Å². The molecule has 2 aromatic rings. The van der Waals surface area contributed by atoms with Crippen molar-refractivity contribution in [3.8, 4) is 0 Å². The smallest absolute Gasteiger partial charge is 0.0839 e. The van der Waals surface area contributed by atoms with Crippen molar-refractivity contribution in [2.75, 3.05) is 0 Å². The van der Waals surface area contributed by atoms with E-state index in [-0.39, 0.29) is 0 Å². The summed E-state index contributed by atoms with van der Waals surface area (Å²) in [6.07, 6.45) is 0. The summed E-state index contributed by atoms with van der Waals surface area (Å²) in [5, 5.41) is 8.84. The number of benzene rings is 1. The van der Waals surface area contributed by atoms with Crippen molar-refractivity contribution in [1.29, 1.82) is 0 Å². The van der Waals surface area contributed by atoms with Gasteiger partial charge < -0.3 is 0 Å². The van der Waals surface area contributed by atoms with Crippen LogP contribution in [0.1, 0.15) is 11.3 Å². The highest BCUT2D eigenvalue weighted by Gasteiger charge is 2.04. The number of fused-ring (bicyclic) bond motifs is 1. The Balaban J connectivity index is 2.92. The third-order valence-electron chi connectivity index (χ3n) is 1.96. The van der Waals surface area contributed by atoms with E-state index in [9.17, 15) is 0 Å². The number of halogens is 1. The van der Waals surface area contributed by atoms with Gasteiger partial charge >= 0.3 is 0 Å². The molecular weight excluding hydrogens is 172 g/mol. The average molecular weight is 181 g/mol. The first-order chi connectivity index (χ1) is 5.68. The van der Waals surface area contributed by atoms with Gasteiger partial charge in [0.1, 0.15) is 0 Å². The second kappa shape index (κ2) is 2.49. The maximum Gasteiger partial charge on any atom is 0.0839 e. The van der Waals surface area contributed by atoms with Gasteiger partial charge in [-0.2, -0.15) is 5.10 Å². The van der Waals surface area contributed by atoms with Crippen molar-refractivity contribution in [1.82, 2.24) is 10.2 Å². The number of rotatable bonds is 0. The van der Waals surface area contributed by atoms with Crippen LogP contribution in [0.3, 0.4) is 0 Å². The largest absolute Gasteiger partial charge is 0.276 e. The Morgan fingerprint density at radius 3 is 2.83 bits per heavy atom. The maximum absolute atomic E-state index is 6.00. The normalized spacial score (nSPS) is 10.9. The highest BCUT2D eigenvalue weighted by molar-refractivity contribution is 6.35. The molecule has 0 spiro atoms. The van der Waals surface area contributed by atoms with Gasteiger partial charge in [-0.05, 0) is 31.5 Å². The molecule has 0 saturated carbocycles. The predicted molar refractivity (Wildman–Crippen MR) is 50.6 cm³/mol. The predicted octanol–water partition coefficient (Wildman–Crippen LogP) is 2.83. The number of aromatic amines is 1. The monoisotopic (exact) mass is 180 g/mol. The van der Waals surface area contributed by atoms with Crippen molar-refractivity contribution in [3.05, 3.63) is 28.4 Å². The molecule has 62 valence electrons. The summed E-state index contributed by atoms with van der Waals surface area (Å²) < 4.78 is 0. The molecule has 1 N–H and O–H groups in total. The van der Waals surface area contributed by atoms with Gasteiger partial charge in [0.05, 0.1) is 16.2 Å².